The molecule has 0 atom stereocenters. The quantitative estimate of drug-likeness (QED) is 0.240. The van der Waals surface area contributed by atoms with Crippen molar-refractivity contribution in [1.29, 1.82) is 0 Å². The van der Waals surface area contributed by atoms with E-state index >= 15 is 0 Å². The average molecular weight is 545 g/mol. The van der Waals surface area contributed by atoms with E-state index in [1.165, 1.54) is 32.2 Å². The lowest BCUT2D eigenvalue weighted by Crippen LogP contribution is -2.21. The first kappa shape index (κ1) is 26.2. The van der Waals surface area contributed by atoms with Crippen molar-refractivity contribution >= 4 is 35.0 Å². The summed E-state index contributed by atoms with van der Waals surface area (Å²) in [6.45, 7) is 2.02. The SMILES string of the molecule is CNC(=O)c1cc(Oc2ccc(NC(=O)Nc3cc(C4CCCC4)nn3-c3cccc(C)c3)c(Cl)c2)ccn1. The van der Waals surface area contributed by atoms with Gasteiger partial charge in [-0.25, -0.2) is 9.48 Å². The largest absolute Gasteiger partial charge is 0.457 e. The summed E-state index contributed by atoms with van der Waals surface area (Å²) in [6.07, 6.45) is 6.08. The van der Waals surface area contributed by atoms with Gasteiger partial charge in [0, 0.05) is 37.4 Å². The molecular weight excluding hydrogens is 516 g/mol. The van der Waals surface area contributed by atoms with Crippen LogP contribution in [0.1, 0.15) is 53.3 Å². The predicted molar refractivity (Wildman–Crippen MR) is 151 cm³/mol. The summed E-state index contributed by atoms with van der Waals surface area (Å²) >= 11 is 6.47. The van der Waals surface area contributed by atoms with Crippen LogP contribution in [0.25, 0.3) is 5.69 Å². The lowest BCUT2D eigenvalue weighted by Gasteiger charge is -2.12. The minimum Gasteiger partial charge on any atom is -0.457 e. The second kappa shape index (κ2) is 11.6. The van der Waals surface area contributed by atoms with Crippen LogP contribution in [-0.4, -0.2) is 33.8 Å². The number of ether oxygens (including phenoxy) is 1. The minimum absolute atomic E-state index is 0.233. The Morgan fingerprint density at radius 1 is 1.00 bits per heavy atom. The van der Waals surface area contributed by atoms with E-state index in [0.29, 0.717) is 33.9 Å². The van der Waals surface area contributed by atoms with Gasteiger partial charge in [0.25, 0.3) is 5.91 Å². The number of rotatable bonds is 7. The van der Waals surface area contributed by atoms with Gasteiger partial charge >= 0.3 is 6.03 Å². The van der Waals surface area contributed by atoms with Gasteiger partial charge in [-0.15, -0.1) is 0 Å². The third kappa shape index (κ3) is 6.21. The number of nitrogens with one attached hydrogen (secondary N) is 3. The van der Waals surface area contributed by atoms with Gasteiger partial charge in [0.15, 0.2) is 0 Å². The van der Waals surface area contributed by atoms with E-state index in [0.717, 1.165) is 29.8 Å². The maximum Gasteiger partial charge on any atom is 0.324 e. The number of benzene rings is 2. The van der Waals surface area contributed by atoms with Crippen LogP contribution in [0.4, 0.5) is 16.3 Å². The number of carbonyl (C=O) groups excluding carboxylic acids is 2. The fourth-order valence-corrected chi connectivity index (χ4v) is 4.88. The molecule has 3 amide bonds. The number of aromatic nitrogens is 3. The molecule has 2 aromatic heterocycles. The molecule has 0 radical (unpaired) electrons. The highest BCUT2D eigenvalue weighted by Crippen LogP contribution is 2.35. The third-order valence-electron chi connectivity index (χ3n) is 6.61. The molecule has 200 valence electrons. The van der Waals surface area contributed by atoms with Crippen molar-refractivity contribution in [2.45, 2.75) is 38.5 Å². The lowest BCUT2D eigenvalue weighted by atomic mass is 10.0. The zero-order valence-corrected chi connectivity index (χ0v) is 22.5. The van der Waals surface area contributed by atoms with Gasteiger partial charge in [-0.1, -0.05) is 36.6 Å². The minimum atomic E-state index is -0.443. The van der Waals surface area contributed by atoms with Crippen molar-refractivity contribution in [3.8, 4) is 17.2 Å². The number of amides is 3. The van der Waals surface area contributed by atoms with Crippen molar-refractivity contribution in [1.82, 2.24) is 20.1 Å². The molecule has 0 unspecified atom stereocenters. The molecule has 39 heavy (non-hydrogen) atoms. The number of nitrogens with zero attached hydrogens (tertiary/aromatic N) is 3. The van der Waals surface area contributed by atoms with Crippen LogP contribution >= 0.6 is 11.6 Å². The first-order valence-electron chi connectivity index (χ1n) is 12.8. The van der Waals surface area contributed by atoms with Crippen LogP contribution in [0.2, 0.25) is 5.02 Å². The Morgan fingerprint density at radius 2 is 1.79 bits per heavy atom. The smallest absolute Gasteiger partial charge is 0.324 e. The summed E-state index contributed by atoms with van der Waals surface area (Å²) in [6, 6.07) is 17.6. The van der Waals surface area contributed by atoms with Crippen LogP contribution in [0.15, 0.2) is 66.9 Å². The number of anilines is 2. The van der Waals surface area contributed by atoms with E-state index < -0.39 is 6.03 Å². The van der Waals surface area contributed by atoms with E-state index in [9.17, 15) is 9.59 Å². The molecule has 5 rings (SSSR count). The van der Waals surface area contributed by atoms with Crippen LogP contribution in [0, 0.1) is 6.92 Å². The van der Waals surface area contributed by atoms with Crippen LogP contribution in [0.3, 0.4) is 0 Å². The molecule has 1 fully saturated rings. The number of aryl methyl sites for hydroxylation is 1. The summed E-state index contributed by atoms with van der Waals surface area (Å²) in [5.41, 5.74) is 3.62. The van der Waals surface area contributed by atoms with Crippen molar-refractivity contribution in [2.75, 3.05) is 17.7 Å². The molecule has 0 saturated heterocycles. The Morgan fingerprint density at radius 3 is 2.54 bits per heavy atom. The van der Waals surface area contributed by atoms with E-state index in [4.69, 9.17) is 21.4 Å². The van der Waals surface area contributed by atoms with Crippen LogP contribution in [-0.2, 0) is 0 Å². The van der Waals surface area contributed by atoms with Crippen molar-refractivity contribution in [2.24, 2.45) is 0 Å². The average Bonchev–Trinajstić information content (AvgIpc) is 3.60. The Bertz CT molecular complexity index is 1510. The van der Waals surface area contributed by atoms with E-state index in [-0.39, 0.29) is 11.6 Å². The first-order chi connectivity index (χ1) is 18.9. The zero-order chi connectivity index (χ0) is 27.4. The topological polar surface area (TPSA) is 110 Å². The normalized spacial score (nSPS) is 13.2. The summed E-state index contributed by atoms with van der Waals surface area (Å²) in [4.78, 5) is 28.9. The molecular formula is C29H29ClN6O3. The lowest BCUT2D eigenvalue weighted by molar-refractivity contribution is 0.0958. The highest BCUT2D eigenvalue weighted by Gasteiger charge is 2.23. The Balaban J connectivity index is 1.31. The molecule has 1 aliphatic carbocycles. The number of carbonyl (C=O) groups is 2. The highest BCUT2D eigenvalue weighted by atomic mass is 35.5. The van der Waals surface area contributed by atoms with Crippen molar-refractivity contribution in [3.05, 3.63) is 88.8 Å². The van der Waals surface area contributed by atoms with Crippen LogP contribution in [0.5, 0.6) is 11.5 Å². The second-order valence-electron chi connectivity index (χ2n) is 9.47. The summed E-state index contributed by atoms with van der Waals surface area (Å²) in [7, 11) is 1.53. The van der Waals surface area contributed by atoms with Gasteiger partial charge in [-0.2, -0.15) is 5.10 Å². The Labute approximate surface area is 231 Å². The zero-order valence-electron chi connectivity index (χ0n) is 21.7. The van der Waals surface area contributed by atoms with Gasteiger partial charge < -0.3 is 15.4 Å². The van der Waals surface area contributed by atoms with Gasteiger partial charge in [-0.3, -0.25) is 15.1 Å². The van der Waals surface area contributed by atoms with E-state index in [2.05, 4.69) is 20.9 Å². The second-order valence-corrected chi connectivity index (χ2v) is 9.87. The first-order valence-corrected chi connectivity index (χ1v) is 13.2. The number of halogens is 1. The summed E-state index contributed by atoms with van der Waals surface area (Å²) in [5.74, 6) is 1.54. The highest BCUT2D eigenvalue weighted by molar-refractivity contribution is 6.34. The van der Waals surface area contributed by atoms with E-state index in [1.54, 1.807) is 28.9 Å². The maximum absolute atomic E-state index is 13.0. The third-order valence-corrected chi connectivity index (χ3v) is 6.92. The molecule has 0 spiro atoms. The number of hydrogen-bond donors (Lipinski definition) is 3. The maximum atomic E-state index is 13.0. The standard InChI is InChI=1S/C29H29ClN6O3/c1-18-6-5-9-20(14-18)36-27(17-25(35-36)19-7-3-4-8-19)34-29(38)33-24-11-10-21(15-23(24)30)39-22-12-13-32-26(16-22)28(37)31-2/h5-6,9-17,19H,3-4,7-8H2,1-2H3,(H,31,37)(H2,33,34,38). The van der Waals surface area contributed by atoms with Gasteiger partial charge in [0.2, 0.25) is 0 Å². The molecule has 1 aliphatic rings. The van der Waals surface area contributed by atoms with E-state index in [1.807, 2.05) is 37.3 Å². The molecule has 0 bridgehead atoms. The predicted octanol–water partition coefficient (Wildman–Crippen LogP) is 6.68. The Kier molecular flexibility index (Phi) is 7.79. The van der Waals surface area contributed by atoms with Crippen molar-refractivity contribution < 1.29 is 14.3 Å². The summed E-state index contributed by atoms with van der Waals surface area (Å²) in [5, 5.41) is 13.4. The fourth-order valence-electron chi connectivity index (χ4n) is 4.66. The molecule has 4 aromatic rings. The number of urea groups is 1. The monoisotopic (exact) mass is 544 g/mol. The molecule has 2 heterocycles. The molecule has 10 heteroatoms. The number of pyridine rings is 1. The van der Waals surface area contributed by atoms with Crippen molar-refractivity contribution in [3.63, 3.8) is 0 Å². The molecule has 1 saturated carbocycles. The van der Waals surface area contributed by atoms with Crippen LogP contribution < -0.4 is 20.7 Å². The fraction of sp³-hybridized carbons (Fsp3) is 0.241. The Hall–Kier alpha value is -4.37. The molecule has 3 N–H and O–H groups in total. The summed E-state index contributed by atoms with van der Waals surface area (Å²) < 4.78 is 7.61. The molecule has 2 aromatic carbocycles. The molecule has 9 nitrogen and oxygen atoms in total. The van der Waals surface area contributed by atoms with Gasteiger partial charge in [-0.05, 0) is 55.7 Å². The molecule has 0 aliphatic heterocycles. The van der Waals surface area contributed by atoms with Gasteiger partial charge in [0.05, 0.1) is 22.1 Å². The number of hydrogen-bond acceptors (Lipinski definition) is 5. The van der Waals surface area contributed by atoms with Gasteiger partial charge in [0.1, 0.15) is 23.0 Å².